The molecule has 0 bridgehead atoms. The van der Waals surface area contributed by atoms with Crippen LogP contribution < -0.4 is 5.32 Å². The molecule has 5 nitrogen and oxygen atoms in total. The summed E-state index contributed by atoms with van der Waals surface area (Å²) in [5.74, 6) is 0.501. The standard InChI is InChI=1S/C15H11Cl2N3O2/c16-12-4-2-10(8-13(12)17)19-15(21)14-5-3-11(22-14)9-20-7-1-6-18-20/h1-8H,9H2,(H,19,21). The van der Waals surface area contributed by atoms with Crippen LogP contribution in [0.4, 0.5) is 5.69 Å². The lowest BCUT2D eigenvalue weighted by Gasteiger charge is -2.04. The van der Waals surface area contributed by atoms with Gasteiger partial charge in [-0.15, -0.1) is 0 Å². The molecule has 0 fully saturated rings. The van der Waals surface area contributed by atoms with Gasteiger partial charge in [0.15, 0.2) is 5.76 Å². The summed E-state index contributed by atoms with van der Waals surface area (Å²) in [5.41, 5.74) is 0.546. The van der Waals surface area contributed by atoms with E-state index in [1.165, 1.54) is 0 Å². The van der Waals surface area contributed by atoms with Gasteiger partial charge in [-0.3, -0.25) is 9.48 Å². The van der Waals surface area contributed by atoms with Gasteiger partial charge in [0.05, 0.1) is 16.6 Å². The first-order chi connectivity index (χ1) is 10.6. The molecule has 2 heterocycles. The second kappa shape index (κ2) is 6.25. The number of rotatable bonds is 4. The van der Waals surface area contributed by atoms with Crippen LogP contribution in [-0.2, 0) is 6.54 Å². The van der Waals surface area contributed by atoms with Gasteiger partial charge < -0.3 is 9.73 Å². The molecule has 1 N–H and O–H groups in total. The molecule has 0 radical (unpaired) electrons. The Balaban J connectivity index is 1.69. The number of furan rings is 1. The average molecular weight is 336 g/mol. The number of carbonyl (C=O) groups excluding carboxylic acids is 1. The van der Waals surface area contributed by atoms with Crippen molar-refractivity contribution in [1.29, 1.82) is 0 Å². The lowest BCUT2D eigenvalue weighted by atomic mass is 10.3. The number of hydrogen-bond acceptors (Lipinski definition) is 3. The van der Waals surface area contributed by atoms with Gasteiger partial charge in [0, 0.05) is 18.1 Å². The second-order valence-electron chi connectivity index (χ2n) is 4.55. The van der Waals surface area contributed by atoms with E-state index in [0.717, 1.165) is 0 Å². The van der Waals surface area contributed by atoms with Gasteiger partial charge in [-0.05, 0) is 36.4 Å². The Morgan fingerprint density at radius 1 is 1.23 bits per heavy atom. The predicted molar refractivity (Wildman–Crippen MR) is 84.5 cm³/mol. The number of anilines is 1. The number of halogens is 2. The maximum atomic E-state index is 12.1. The Labute approximate surface area is 136 Å². The summed E-state index contributed by atoms with van der Waals surface area (Å²) in [5, 5.41) is 7.58. The van der Waals surface area contributed by atoms with E-state index < -0.39 is 0 Å². The van der Waals surface area contributed by atoms with Crippen molar-refractivity contribution in [2.45, 2.75) is 6.54 Å². The third-order valence-electron chi connectivity index (χ3n) is 2.94. The summed E-state index contributed by atoms with van der Waals surface area (Å²) in [6.07, 6.45) is 3.50. The van der Waals surface area contributed by atoms with E-state index in [4.69, 9.17) is 27.6 Å². The highest BCUT2D eigenvalue weighted by atomic mass is 35.5. The molecule has 7 heteroatoms. The molecule has 0 aliphatic heterocycles. The van der Waals surface area contributed by atoms with Crippen molar-refractivity contribution in [3.05, 3.63) is 70.4 Å². The zero-order valence-corrected chi connectivity index (χ0v) is 12.8. The van der Waals surface area contributed by atoms with Crippen molar-refractivity contribution in [2.24, 2.45) is 0 Å². The molecule has 22 heavy (non-hydrogen) atoms. The lowest BCUT2D eigenvalue weighted by Crippen LogP contribution is -2.10. The summed E-state index contributed by atoms with van der Waals surface area (Å²) in [6.45, 7) is 0.465. The molecule has 0 saturated heterocycles. The van der Waals surface area contributed by atoms with Crippen LogP contribution in [0.3, 0.4) is 0 Å². The maximum Gasteiger partial charge on any atom is 0.291 e. The van der Waals surface area contributed by atoms with Crippen LogP contribution in [0.15, 0.2) is 53.2 Å². The normalized spacial score (nSPS) is 10.6. The van der Waals surface area contributed by atoms with E-state index in [-0.39, 0.29) is 11.7 Å². The van der Waals surface area contributed by atoms with Crippen LogP contribution in [0.2, 0.25) is 10.0 Å². The maximum absolute atomic E-state index is 12.1. The average Bonchev–Trinajstić information content (AvgIpc) is 3.15. The van der Waals surface area contributed by atoms with Gasteiger partial charge >= 0.3 is 0 Å². The Hall–Kier alpha value is -2.24. The zero-order chi connectivity index (χ0) is 15.5. The van der Waals surface area contributed by atoms with Gasteiger partial charge in [0.2, 0.25) is 0 Å². The molecular weight excluding hydrogens is 325 g/mol. The Bertz CT molecular complexity index is 797. The molecular formula is C15H11Cl2N3O2. The van der Waals surface area contributed by atoms with Crippen LogP contribution >= 0.6 is 23.2 Å². The first kappa shape index (κ1) is 14.7. The van der Waals surface area contributed by atoms with Crippen molar-refractivity contribution >= 4 is 34.8 Å². The van der Waals surface area contributed by atoms with E-state index in [1.54, 1.807) is 41.2 Å². The summed E-state index contributed by atoms with van der Waals surface area (Å²) in [4.78, 5) is 12.1. The Kier molecular flexibility index (Phi) is 4.18. The molecule has 0 saturated carbocycles. The number of aromatic nitrogens is 2. The minimum atomic E-state index is -0.356. The topological polar surface area (TPSA) is 60.1 Å². The van der Waals surface area contributed by atoms with E-state index in [0.29, 0.717) is 28.0 Å². The molecule has 1 aromatic carbocycles. The fourth-order valence-corrected chi connectivity index (χ4v) is 2.20. The number of nitrogens with one attached hydrogen (secondary N) is 1. The minimum Gasteiger partial charge on any atom is -0.454 e. The SMILES string of the molecule is O=C(Nc1ccc(Cl)c(Cl)c1)c1ccc(Cn2cccn2)o1. The van der Waals surface area contributed by atoms with Crippen molar-refractivity contribution in [2.75, 3.05) is 5.32 Å². The number of benzene rings is 1. The van der Waals surface area contributed by atoms with Crippen LogP contribution in [0.1, 0.15) is 16.3 Å². The van der Waals surface area contributed by atoms with Crippen LogP contribution in [0.5, 0.6) is 0 Å². The van der Waals surface area contributed by atoms with Gasteiger partial charge in [-0.1, -0.05) is 23.2 Å². The minimum absolute atomic E-state index is 0.216. The van der Waals surface area contributed by atoms with Gasteiger partial charge in [0.1, 0.15) is 5.76 Å². The highest BCUT2D eigenvalue weighted by Gasteiger charge is 2.12. The lowest BCUT2D eigenvalue weighted by molar-refractivity contribution is 0.0994. The summed E-state index contributed by atoms with van der Waals surface area (Å²) >= 11 is 11.7. The largest absolute Gasteiger partial charge is 0.454 e. The summed E-state index contributed by atoms with van der Waals surface area (Å²) in [7, 11) is 0. The molecule has 112 valence electrons. The van der Waals surface area contributed by atoms with E-state index in [1.807, 2.05) is 12.3 Å². The zero-order valence-electron chi connectivity index (χ0n) is 11.3. The van der Waals surface area contributed by atoms with E-state index in [9.17, 15) is 4.79 Å². The highest BCUT2D eigenvalue weighted by Crippen LogP contribution is 2.25. The fourth-order valence-electron chi connectivity index (χ4n) is 1.91. The van der Waals surface area contributed by atoms with Crippen molar-refractivity contribution in [3.8, 4) is 0 Å². The summed E-state index contributed by atoms with van der Waals surface area (Å²) < 4.78 is 7.22. The molecule has 1 amide bonds. The molecule has 3 aromatic rings. The molecule has 2 aromatic heterocycles. The highest BCUT2D eigenvalue weighted by molar-refractivity contribution is 6.42. The van der Waals surface area contributed by atoms with E-state index in [2.05, 4.69) is 10.4 Å². The number of nitrogens with zero attached hydrogens (tertiary/aromatic N) is 2. The van der Waals surface area contributed by atoms with Gasteiger partial charge in [-0.25, -0.2) is 0 Å². The van der Waals surface area contributed by atoms with Gasteiger partial charge in [0.25, 0.3) is 5.91 Å². The quantitative estimate of drug-likeness (QED) is 0.781. The Morgan fingerprint density at radius 3 is 2.82 bits per heavy atom. The molecule has 0 aliphatic rings. The number of amides is 1. The molecule has 3 rings (SSSR count). The first-order valence-electron chi connectivity index (χ1n) is 6.44. The number of carbonyl (C=O) groups is 1. The van der Waals surface area contributed by atoms with Crippen LogP contribution in [0, 0.1) is 0 Å². The van der Waals surface area contributed by atoms with Crippen LogP contribution in [0.25, 0.3) is 0 Å². The molecule has 0 aliphatic carbocycles. The monoisotopic (exact) mass is 335 g/mol. The van der Waals surface area contributed by atoms with Crippen molar-refractivity contribution in [1.82, 2.24) is 9.78 Å². The second-order valence-corrected chi connectivity index (χ2v) is 5.37. The van der Waals surface area contributed by atoms with Crippen LogP contribution in [-0.4, -0.2) is 15.7 Å². The third-order valence-corrected chi connectivity index (χ3v) is 3.68. The summed E-state index contributed by atoms with van der Waals surface area (Å²) in [6, 6.07) is 10.0. The molecule has 0 atom stereocenters. The fraction of sp³-hybridized carbons (Fsp3) is 0.0667. The molecule has 0 unspecified atom stereocenters. The van der Waals surface area contributed by atoms with Crippen molar-refractivity contribution < 1.29 is 9.21 Å². The Morgan fingerprint density at radius 2 is 2.09 bits per heavy atom. The van der Waals surface area contributed by atoms with Crippen molar-refractivity contribution in [3.63, 3.8) is 0 Å². The number of hydrogen-bond donors (Lipinski definition) is 1. The van der Waals surface area contributed by atoms with Gasteiger partial charge in [-0.2, -0.15) is 5.10 Å². The smallest absolute Gasteiger partial charge is 0.291 e. The van der Waals surface area contributed by atoms with E-state index >= 15 is 0 Å². The third kappa shape index (κ3) is 3.32. The predicted octanol–water partition coefficient (Wildman–Crippen LogP) is 4.08. The molecule has 0 spiro atoms. The first-order valence-corrected chi connectivity index (χ1v) is 7.20.